The monoisotopic (exact) mass is 529 g/mol. The maximum atomic E-state index is 15.0. The number of carbonyl (C=O) groups excluding carboxylic acids is 2. The van der Waals surface area contributed by atoms with E-state index in [1.165, 1.54) is 23.1 Å². The highest BCUT2D eigenvalue weighted by Gasteiger charge is 2.43. The van der Waals surface area contributed by atoms with Crippen molar-refractivity contribution in [3.8, 4) is 0 Å². The van der Waals surface area contributed by atoms with Gasteiger partial charge in [0.1, 0.15) is 11.9 Å². The van der Waals surface area contributed by atoms with Gasteiger partial charge in [-0.15, -0.1) is 11.3 Å². The van der Waals surface area contributed by atoms with E-state index in [-0.39, 0.29) is 31.2 Å². The summed E-state index contributed by atoms with van der Waals surface area (Å²) in [6.07, 6.45) is 2.08. The van der Waals surface area contributed by atoms with Crippen molar-refractivity contribution in [2.45, 2.75) is 31.8 Å². The van der Waals surface area contributed by atoms with Gasteiger partial charge in [-0.3, -0.25) is 9.59 Å². The first-order chi connectivity index (χ1) is 16.1. The molecule has 1 unspecified atom stereocenters. The normalized spacial score (nSPS) is 17.8. The van der Waals surface area contributed by atoms with E-state index in [2.05, 4.69) is 0 Å². The molecule has 1 aromatic carbocycles. The molecule has 1 aliphatic heterocycles. The lowest BCUT2D eigenvalue weighted by atomic mass is 10.0. The molecule has 1 aliphatic rings. The maximum absolute atomic E-state index is 15.0. The number of nitrogens with zero attached hydrogens (tertiary/aromatic N) is 3. The SMILES string of the molecule is CCC(c1ccc(N2CC[C@H](N(OC=O)S(=O)(=O)/C=C/c3ccc(Cl)s3)C2=O)c(F)c1)N(C)C. The molecule has 2 atom stereocenters. The molecular weight excluding hydrogens is 505 g/mol. The standard InChI is InChI=1S/C22H25ClFN3O5S2/c1-4-18(25(2)3)15-5-7-19(17(24)13-15)26-11-9-20(22(26)29)27(32-14-28)34(30,31)12-10-16-6-8-21(23)33-16/h5-8,10,12-14,18,20H,4,9,11H2,1-3H3/b12-10+/t18?,20-/m0/s1. The summed E-state index contributed by atoms with van der Waals surface area (Å²) >= 11 is 7.01. The predicted molar refractivity (Wildman–Crippen MR) is 130 cm³/mol. The molecule has 0 bridgehead atoms. The van der Waals surface area contributed by atoms with E-state index in [9.17, 15) is 18.0 Å². The molecule has 2 aromatic rings. The summed E-state index contributed by atoms with van der Waals surface area (Å²) in [5.41, 5.74) is 0.807. The van der Waals surface area contributed by atoms with Crippen LogP contribution in [0.4, 0.5) is 10.1 Å². The van der Waals surface area contributed by atoms with Crippen molar-refractivity contribution in [2.24, 2.45) is 0 Å². The van der Waals surface area contributed by atoms with Crippen LogP contribution >= 0.6 is 22.9 Å². The second-order valence-corrected chi connectivity index (χ2v) is 11.2. The lowest BCUT2D eigenvalue weighted by Gasteiger charge is -2.25. The molecule has 0 N–H and O–H groups in total. The minimum atomic E-state index is -4.32. The number of hydrogen-bond acceptors (Lipinski definition) is 7. The van der Waals surface area contributed by atoms with Crippen molar-refractivity contribution in [2.75, 3.05) is 25.5 Å². The third kappa shape index (κ3) is 5.66. The lowest BCUT2D eigenvalue weighted by Crippen LogP contribution is -2.44. The molecule has 0 aliphatic carbocycles. The molecule has 34 heavy (non-hydrogen) atoms. The molecule has 1 aromatic heterocycles. The number of thiophene rings is 1. The van der Waals surface area contributed by atoms with E-state index >= 15 is 4.39 Å². The van der Waals surface area contributed by atoms with Crippen LogP contribution < -0.4 is 4.90 Å². The van der Waals surface area contributed by atoms with Crippen LogP contribution in [0.3, 0.4) is 0 Å². The van der Waals surface area contributed by atoms with Gasteiger partial charge in [-0.25, -0.2) is 12.8 Å². The van der Waals surface area contributed by atoms with Gasteiger partial charge >= 0.3 is 6.47 Å². The van der Waals surface area contributed by atoms with E-state index in [0.717, 1.165) is 28.7 Å². The van der Waals surface area contributed by atoms with Crippen LogP contribution in [-0.4, -0.2) is 56.8 Å². The van der Waals surface area contributed by atoms with Crippen LogP contribution in [0.2, 0.25) is 4.34 Å². The summed E-state index contributed by atoms with van der Waals surface area (Å²) in [6, 6.07) is 6.56. The average Bonchev–Trinajstić information content (AvgIpc) is 3.36. The Bertz CT molecular complexity index is 1180. The van der Waals surface area contributed by atoms with Gasteiger partial charge in [-0.1, -0.05) is 24.6 Å². The minimum Gasteiger partial charge on any atom is -0.355 e. The van der Waals surface area contributed by atoms with Gasteiger partial charge in [0, 0.05) is 17.5 Å². The first-order valence-electron chi connectivity index (χ1n) is 10.4. The summed E-state index contributed by atoms with van der Waals surface area (Å²) in [4.78, 5) is 32.5. The molecule has 0 saturated carbocycles. The van der Waals surface area contributed by atoms with Crippen LogP contribution in [0.15, 0.2) is 35.7 Å². The van der Waals surface area contributed by atoms with Gasteiger partial charge < -0.3 is 14.6 Å². The fraction of sp³-hybridized carbons (Fsp3) is 0.364. The summed E-state index contributed by atoms with van der Waals surface area (Å²) in [7, 11) is -0.518. The Kier molecular flexibility index (Phi) is 8.47. The highest BCUT2D eigenvalue weighted by molar-refractivity contribution is 7.92. The summed E-state index contributed by atoms with van der Waals surface area (Å²) < 4.78 is 41.5. The van der Waals surface area contributed by atoms with Crippen molar-refractivity contribution in [3.05, 3.63) is 56.3 Å². The molecule has 0 spiro atoms. The van der Waals surface area contributed by atoms with Crippen molar-refractivity contribution in [1.29, 1.82) is 0 Å². The second kappa shape index (κ2) is 11.0. The van der Waals surface area contributed by atoms with Crippen molar-refractivity contribution < 1.29 is 27.2 Å². The fourth-order valence-corrected chi connectivity index (χ4v) is 6.13. The van der Waals surface area contributed by atoms with Crippen molar-refractivity contribution in [3.63, 3.8) is 0 Å². The predicted octanol–water partition coefficient (Wildman–Crippen LogP) is 4.05. The van der Waals surface area contributed by atoms with Gasteiger partial charge in [0.2, 0.25) is 5.91 Å². The van der Waals surface area contributed by atoms with Crippen molar-refractivity contribution >= 4 is 57.1 Å². The molecular formula is C22H25ClFN3O5S2. The van der Waals surface area contributed by atoms with E-state index in [1.807, 2.05) is 25.9 Å². The summed E-state index contributed by atoms with van der Waals surface area (Å²) in [5.74, 6) is -1.28. The highest BCUT2D eigenvalue weighted by atomic mass is 35.5. The van der Waals surface area contributed by atoms with Gasteiger partial charge in [-0.2, -0.15) is 0 Å². The van der Waals surface area contributed by atoms with Gasteiger partial charge in [0.05, 0.1) is 15.4 Å². The van der Waals surface area contributed by atoms with E-state index in [1.54, 1.807) is 18.2 Å². The Labute approximate surface area is 207 Å². The largest absolute Gasteiger partial charge is 0.355 e. The molecule has 1 amide bonds. The van der Waals surface area contributed by atoms with E-state index in [0.29, 0.717) is 13.7 Å². The highest BCUT2D eigenvalue weighted by Crippen LogP contribution is 2.32. The maximum Gasteiger partial charge on any atom is 0.314 e. The number of carbonyl (C=O) groups is 2. The first kappa shape index (κ1) is 26.3. The Hall–Kier alpha value is -2.31. The first-order valence-corrected chi connectivity index (χ1v) is 13.1. The summed E-state index contributed by atoms with van der Waals surface area (Å²) in [6.45, 7) is 1.99. The number of benzene rings is 1. The molecule has 2 heterocycles. The number of hydrogen-bond donors (Lipinski definition) is 0. The number of sulfonamides is 1. The number of amides is 1. The Morgan fingerprint density at radius 1 is 1.32 bits per heavy atom. The molecule has 12 heteroatoms. The zero-order chi connectivity index (χ0) is 25.0. The lowest BCUT2D eigenvalue weighted by molar-refractivity contribution is -0.160. The van der Waals surface area contributed by atoms with Crippen LogP contribution in [0, 0.1) is 5.82 Å². The van der Waals surface area contributed by atoms with Crippen LogP contribution in [0.5, 0.6) is 0 Å². The van der Waals surface area contributed by atoms with Crippen molar-refractivity contribution in [1.82, 2.24) is 9.37 Å². The molecule has 184 valence electrons. The topological polar surface area (TPSA) is 87.2 Å². The van der Waals surface area contributed by atoms with Gasteiger partial charge in [0.15, 0.2) is 0 Å². The van der Waals surface area contributed by atoms with E-state index in [4.69, 9.17) is 16.4 Å². The Morgan fingerprint density at radius 3 is 2.62 bits per heavy atom. The smallest absolute Gasteiger partial charge is 0.314 e. The third-order valence-electron chi connectivity index (χ3n) is 5.49. The third-order valence-corrected chi connectivity index (χ3v) is 8.00. The molecule has 0 radical (unpaired) electrons. The van der Waals surface area contributed by atoms with Crippen LogP contribution in [-0.2, 0) is 24.4 Å². The average molecular weight is 530 g/mol. The minimum absolute atomic E-state index is 0.0113. The van der Waals surface area contributed by atoms with Gasteiger partial charge in [-0.05, 0) is 67.3 Å². The second-order valence-electron chi connectivity index (χ2n) is 7.84. The van der Waals surface area contributed by atoms with E-state index < -0.39 is 27.8 Å². The Balaban J connectivity index is 1.84. The quantitative estimate of drug-likeness (QED) is 0.341. The molecule has 3 rings (SSSR count). The zero-order valence-corrected chi connectivity index (χ0v) is 21.2. The zero-order valence-electron chi connectivity index (χ0n) is 18.9. The number of anilines is 1. The molecule has 1 saturated heterocycles. The number of hydroxylamine groups is 1. The summed E-state index contributed by atoms with van der Waals surface area (Å²) in [5, 5.41) is 0.829. The number of halogens is 2. The fourth-order valence-electron chi connectivity index (χ4n) is 3.93. The van der Waals surface area contributed by atoms with Gasteiger partial charge in [0.25, 0.3) is 10.0 Å². The number of rotatable bonds is 10. The Morgan fingerprint density at radius 2 is 2.06 bits per heavy atom. The molecule has 1 fully saturated rings. The molecule has 8 nitrogen and oxygen atoms in total. The van der Waals surface area contributed by atoms with Crippen LogP contribution in [0.25, 0.3) is 6.08 Å². The van der Waals surface area contributed by atoms with Crippen LogP contribution in [0.1, 0.15) is 36.2 Å².